The Labute approximate surface area is 210 Å². The second-order valence-electron chi connectivity index (χ2n) is 9.48. The number of carbonyl (C=O) groups excluding carboxylic acids is 1. The van der Waals surface area contributed by atoms with Gasteiger partial charge in [0.15, 0.2) is 0 Å². The first-order valence-electron chi connectivity index (χ1n) is 11.3. The fourth-order valence-electron chi connectivity index (χ4n) is 3.84. The zero-order valence-corrected chi connectivity index (χ0v) is 21.8. The van der Waals surface area contributed by atoms with Crippen LogP contribution in [0.2, 0.25) is 0 Å². The van der Waals surface area contributed by atoms with Gasteiger partial charge >= 0.3 is 0 Å². The Hall–Kier alpha value is -3.92. The van der Waals surface area contributed by atoms with Gasteiger partial charge in [0, 0.05) is 23.6 Å². The number of benzene rings is 2. The molecule has 0 aliphatic carbocycles. The molecule has 1 amide bonds. The van der Waals surface area contributed by atoms with Gasteiger partial charge in [-0.1, -0.05) is 62.3 Å². The van der Waals surface area contributed by atoms with Gasteiger partial charge in [0.2, 0.25) is 17.7 Å². The van der Waals surface area contributed by atoms with Crippen LogP contribution in [0.5, 0.6) is 0 Å². The molecule has 9 nitrogen and oxygen atoms in total. The summed E-state index contributed by atoms with van der Waals surface area (Å²) in [5.41, 5.74) is 2.01. The van der Waals surface area contributed by atoms with Gasteiger partial charge in [0.1, 0.15) is 11.2 Å². The average Bonchev–Trinajstić information content (AvgIpc) is 3.48. The molecular formula is C26H28N4O5S. The number of amides is 1. The number of aromatic nitrogens is 2. The number of hydrogen-bond acceptors (Lipinski definition) is 7. The smallest absolute Gasteiger partial charge is 0.267 e. The summed E-state index contributed by atoms with van der Waals surface area (Å²) in [6.07, 6.45) is 2.79. The van der Waals surface area contributed by atoms with E-state index in [2.05, 4.69) is 14.9 Å². The van der Waals surface area contributed by atoms with Gasteiger partial charge in [-0.25, -0.2) is 18.1 Å². The standard InChI is InChI=1S/C26H28N4O5S/c1-16-17(2)28-35-23(16)29-36(32,33)22-20(24-27-14-15-34-24)13-12-19(18-10-8-7-9-11-18)21(22)30(6)25(31)26(3,4)5/h7-15,29H,1-6H3. The van der Waals surface area contributed by atoms with E-state index in [-0.39, 0.29) is 33.8 Å². The van der Waals surface area contributed by atoms with Gasteiger partial charge in [-0.15, -0.1) is 0 Å². The normalized spacial score (nSPS) is 11.9. The van der Waals surface area contributed by atoms with E-state index in [4.69, 9.17) is 8.94 Å². The minimum absolute atomic E-state index is 0.00767. The fraction of sp³-hybridized carbons (Fsp3) is 0.269. The zero-order valence-electron chi connectivity index (χ0n) is 21.0. The van der Waals surface area contributed by atoms with E-state index in [1.165, 1.54) is 17.4 Å². The number of anilines is 2. The lowest BCUT2D eigenvalue weighted by atomic mass is 9.93. The molecule has 0 bridgehead atoms. The first-order chi connectivity index (χ1) is 16.9. The van der Waals surface area contributed by atoms with Gasteiger partial charge in [-0.2, -0.15) is 0 Å². The Morgan fingerprint density at radius 1 is 1.03 bits per heavy atom. The van der Waals surface area contributed by atoms with Gasteiger partial charge in [-0.05, 0) is 25.5 Å². The largest absolute Gasteiger partial charge is 0.444 e. The summed E-state index contributed by atoms with van der Waals surface area (Å²) in [5, 5.41) is 3.85. The fourth-order valence-corrected chi connectivity index (χ4v) is 5.32. The molecule has 0 radical (unpaired) electrons. The second kappa shape index (κ2) is 9.27. The molecule has 0 saturated carbocycles. The number of sulfonamides is 1. The summed E-state index contributed by atoms with van der Waals surface area (Å²) >= 11 is 0. The molecule has 0 saturated heterocycles. The SMILES string of the molecule is Cc1noc(NS(=O)(=O)c2c(-c3ncco3)ccc(-c3ccccc3)c2N(C)C(=O)C(C)(C)C)c1C. The van der Waals surface area contributed by atoms with Gasteiger partial charge in [-0.3, -0.25) is 4.79 Å². The van der Waals surface area contributed by atoms with Crippen LogP contribution in [0.3, 0.4) is 0 Å². The monoisotopic (exact) mass is 508 g/mol. The summed E-state index contributed by atoms with van der Waals surface area (Å²) in [6, 6.07) is 12.7. The van der Waals surface area contributed by atoms with Crippen LogP contribution >= 0.6 is 0 Å². The van der Waals surface area contributed by atoms with Crippen molar-refractivity contribution in [3.05, 3.63) is 66.2 Å². The second-order valence-corrected chi connectivity index (χ2v) is 11.1. The van der Waals surface area contributed by atoms with E-state index >= 15 is 0 Å². The molecular weight excluding hydrogens is 480 g/mol. The van der Waals surface area contributed by atoms with Crippen LogP contribution in [0.4, 0.5) is 11.6 Å². The van der Waals surface area contributed by atoms with Crippen molar-refractivity contribution < 1.29 is 22.2 Å². The molecule has 10 heteroatoms. The van der Waals surface area contributed by atoms with Crippen LogP contribution in [0, 0.1) is 19.3 Å². The Bertz CT molecular complexity index is 1500. The van der Waals surface area contributed by atoms with Crippen molar-refractivity contribution in [3.63, 3.8) is 0 Å². The Balaban J connectivity index is 2.07. The molecule has 0 aliphatic heterocycles. The molecule has 0 fully saturated rings. The van der Waals surface area contributed by atoms with Crippen LogP contribution in [0.15, 0.2) is 68.8 Å². The number of hydrogen-bond donors (Lipinski definition) is 1. The van der Waals surface area contributed by atoms with E-state index in [0.29, 0.717) is 16.8 Å². The van der Waals surface area contributed by atoms with E-state index in [1.807, 2.05) is 30.3 Å². The minimum atomic E-state index is -4.34. The number of carbonyl (C=O) groups is 1. The molecule has 4 aromatic rings. The highest BCUT2D eigenvalue weighted by Crippen LogP contribution is 2.43. The van der Waals surface area contributed by atoms with Crippen LogP contribution in [-0.4, -0.2) is 31.5 Å². The van der Waals surface area contributed by atoms with Crippen molar-refractivity contribution in [2.45, 2.75) is 39.5 Å². The van der Waals surface area contributed by atoms with E-state index in [1.54, 1.807) is 53.8 Å². The molecule has 2 aromatic heterocycles. The van der Waals surface area contributed by atoms with Crippen LogP contribution in [-0.2, 0) is 14.8 Å². The summed E-state index contributed by atoms with van der Waals surface area (Å²) in [5.74, 6) is -0.183. The Morgan fingerprint density at radius 2 is 1.69 bits per heavy atom. The maximum atomic E-state index is 14.1. The molecule has 0 atom stereocenters. The predicted molar refractivity (Wildman–Crippen MR) is 137 cm³/mol. The Morgan fingerprint density at radius 3 is 2.25 bits per heavy atom. The molecule has 2 heterocycles. The van der Waals surface area contributed by atoms with E-state index < -0.39 is 15.4 Å². The summed E-state index contributed by atoms with van der Waals surface area (Å²) in [7, 11) is -2.77. The van der Waals surface area contributed by atoms with Crippen molar-refractivity contribution in [2.24, 2.45) is 5.41 Å². The number of nitrogens with one attached hydrogen (secondary N) is 1. The van der Waals surface area contributed by atoms with E-state index in [0.717, 1.165) is 5.56 Å². The van der Waals surface area contributed by atoms with Crippen LogP contribution in [0.1, 0.15) is 32.0 Å². The maximum absolute atomic E-state index is 14.1. The molecule has 36 heavy (non-hydrogen) atoms. The van der Waals surface area contributed by atoms with Gasteiger partial charge in [0.05, 0.1) is 23.1 Å². The predicted octanol–water partition coefficient (Wildman–Crippen LogP) is 5.42. The number of rotatable bonds is 6. The van der Waals surface area contributed by atoms with Crippen LogP contribution < -0.4 is 9.62 Å². The lowest BCUT2D eigenvalue weighted by molar-refractivity contribution is -0.125. The molecule has 2 aromatic carbocycles. The van der Waals surface area contributed by atoms with Crippen molar-refractivity contribution >= 4 is 27.5 Å². The highest BCUT2D eigenvalue weighted by atomic mass is 32.2. The van der Waals surface area contributed by atoms with Crippen molar-refractivity contribution in [2.75, 3.05) is 16.7 Å². The first kappa shape index (κ1) is 25.2. The van der Waals surface area contributed by atoms with Crippen LogP contribution in [0.25, 0.3) is 22.6 Å². The molecule has 0 aliphatic rings. The quantitative estimate of drug-likeness (QED) is 0.369. The van der Waals surface area contributed by atoms with Gasteiger partial charge < -0.3 is 13.8 Å². The van der Waals surface area contributed by atoms with Gasteiger partial charge in [0.25, 0.3) is 10.0 Å². The van der Waals surface area contributed by atoms with Crippen molar-refractivity contribution in [1.82, 2.24) is 10.1 Å². The molecule has 188 valence electrons. The third-order valence-electron chi connectivity index (χ3n) is 5.81. The van der Waals surface area contributed by atoms with Crippen molar-refractivity contribution in [1.29, 1.82) is 0 Å². The number of nitrogens with zero attached hydrogens (tertiary/aromatic N) is 3. The highest BCUT2D eigenvalue weighted by molar-refractivity contribution is 7.93. The lowest BCUT2D eigenvalue weighted by Crippen LogP contribution is -2.38. The highest BCUT2D eigenvalue weighted by Gasteiger charge is 2.35. The molecule has 4 rings (SSSR count). The minimum Gasteiger partial charge on any atom is -0.444 e. The topological polar surface area (TPSA) is 119 Å². The zero-order chi connectivity index (χ0) is 26.3. The summed E-state index contributed by atoms with van der Waals surface area (Å²) in [6.45, 7) is 8.75. The van der Waals surface area contributed by atoms with Crippen molar-refractivity contribution in [3.8, 4) is 22.6 Å². The average molecular weight is 509 g/mol. The molecule has 0 unspecified atom stereocenters. The summed E-state index contributed by atoms with van der Waals surface area (Å²) < 4.78 is 41.4. The molecule has 1 N–H and O–H groups in total. The third-order valence-corrected chi connectivity index (χ3v) is 7.22. The summed E-state index contributed by atoms with van der Waals surface area (Å²) in [4.78, 5) is 18.9. The first-order valence-corrected chi connectivity index (χ1v) is 12.8. The molecule has 0 spiro atoms. The van der Waals surface area contributed by atoms with E-state index in [9.17, 15) is 13.2 Å². The number of oxazole rings is 1. The third kappa shape index (κ3) is 4.64. The Kier molecular flexibility index (Phi) is 6.48. The lowest BCUT2D eigenvalue weighted by Gasteiger charge is -2.30. The maximum Gasteiger partial charge on any atom is 0.267 e. The number of aryl methyl sites for hydroxylation is 1.